The highest BCUT2D eigenvalue weighted by atomic mass is 19.4. The van der Waals surface area contributed by atoms with Crippen molar-refractivity contribution in [3.8, 4) is 11.3 Å². The molecule has 0 saturated carbocycles. The molecule has 4 aromatic heterocycles. The quantitative estimate of drug-likeness (QED) is 0.0851. The van der Waals surface area contributed by atoms with Gasteiger partial charge in [-0.25, -0.2) is 14.9 Å². The third-order valence-corrected chi connectivity index (χ3v) is 15.9. The fourth-order valence-corrected chi connectivity index (χ4v) is 12.2. The summed E-state index contributed by atoms with van der Waals surface area (Å²) >= 11 is 0. The Balaban J connectivity index is 0.773. The lowest BCUT2D eigenvalue weighted by molar-refractivity contribution is -0.141. The molecule has 0 bridgehead atoms. The number of piperidine rings is 1. The Kier molecular flexibility index (Phi) is 13.1. The van der Waals surface area contributed by atoms with E-state index >= 15 is 0 Å². The molecule has 404 valence electrons. The van der Waals surface area contributed by atoms with E-state index in [2.05, 4.69) is 74.1 Å². The molecule has 2 saturated heterocycles. The summed E-state index contributed by atoms with van der Waals surface area (Å²) in [7, 11) is 1.61. The topological polar surface area (TPSA) is 194 Å². The van der Waals surface area contributed by atoms with Crippen molar-refractivity contribution in [1.82, 2.24) is 29.0 Å². The van der Waals surface area contributed by atoms with E-state index in [4.69, 9.17) is 4.98 Å². The summed E-state index contributed by atoms with van der Waals surface area (Å²) in [5.74, 6) is -1.67. The largest absolute Gasteiger partial charge is 0.433 e. The minimum atomic E-state index is -4.75. The van der Waals surface area contributed by atoms with Crippen LogP contribution in [0.25, 0.3) is 11.3 Å². The maximum absolute atomic E-state index is 14.1. The highest BCUT2D eigenvalue weighted by Gasteiger charge is 2.42. The van der Waals surface area contributed by atoms with Crippen molar-refractivity contribution in [2.24, 2.45) is 12.5 Å². The summed E-state index contributed by atoms with van der Waals surface area (Å²) in [5, 5.41) is 17.0. The van der Waals surface area contributed by atoms with Gasteiger partial charge < -0.3 is 34.7 Å². The lowest BCUT2D eigenvalue weighted by Crippen LogP contribution is -2.58. The van der Waals surface area contributed by atoms with Gasteiger partial charge in [-0.05, 0) is 117 Å². The molecule has 3 N–H and O–H groups in total. The number of alkyl halides is 3. The van der Waals surface area contributed by atoms with E-state index in [0.29, 0.717) is 72.0 Å². The number of aliphatic hydroxyl groups is 1. The SMILES string of the molecule is C=CC(=O)Nc1cc(Nc2nc(-c3ccnc(N4CCn5c(cc6c5CC(C)(C)C6)C4=O)c3CO)cn(C)c2=O)ccc1N1CCN(C2CCN(c3ccc4c(c3)C(=O)N(c3ccnc(C(F)(F)F)c3)C4=O)[C@@H](C)C2)C[C@@H]1C. The highest BCUT2D eigenvalue weighted by Crippen LogP contribution is 2.42. The average molecular weight is 1070 g/mol. The fourth-order valence-electron chi connectivity index (χ4n) is 12.2. The van der Waals surface area contributed by atoms with Crippen molar-refractivity contribution in [3.63, 3.8) is 0 Å². The number of halogens is 3. The zero-order chi connectivity index (χ0) is 55.1. The molecule has 4 aliphatic heterocycles. The lowest BCUT2D eigenvalue weighted by Gasteiger charge is -2.48. The van der Waals surface area contributed by atoms with E-state index in [9.17, 15) is 42.3 Å². The van der Waals surface area contributed by atoms with Gasteiger partial charge in [-0.1, -0.05) is 20.4 Å². The molecule has 2 aromatic carbocycles. The van der Waals surface area contributed by atoms with Crippen LogP contribution < -0.4 is 35.8 Å². The van der Waals surface area contributed by atoms with Crippen LogP contribution in [-0.2, 0) is 44.0 Å². The van der Waals surface area contributed by atoms with Crippen molar-refractivity contribution < 1.29 is 37.5 Å². The number of fused-ring (bicyclic) bond motifs is 4. The summed E-state index contributed by atoms with van der Waals surface area (Å²) in [6.45, 7) is 15.7. The Hall–Kier alpha value is -8.17. The second-order valence-corrected chi connectivity index (χ2v) is 21.7. The van der Waals surface area contributed by atoms with Gasteiger partial charge in [-0.3, -0.25) is 38.8 Å². The van der Waals surface area contributed by atoms with Crippen molar-refractivity contribution >= 4 is 63.7 Å². The highest BCUT2D eigenvalue weighted by molar-refractivity contribution is 6.34. The number of imide groups is 1. The Bertz CT molecular complexity index is 3540. The van der Waals surface area contributed by atoms with E-state index in [1.807, 2.05) is 18.2 Å². The molecular formula is C57H59F3N12O6. The zero-order valence-electron chi connectivity index (χ0n) is 43.9. The van der Waals surface area contributed by atoms with Crippen LogP contribution in [0.2, 0.25) is 0 Å². The molecule has 2 fully saturated rings. The Morgan fingerprint density at radius 1 is 0.846 bits per heavy atom. The third kappa shape index (κ3) is 9.26. The number of aliphatic hydroxyl groups excluding tert-OH is 1. The first-order chi connectivity index (χ1) is 37.2. The second-order valence-electron chi connectivity index (χ2n) is 21.7. The summed E-state index contributed by atoms with van der Waals surface area (Å²) in [6.07, 6.45) is 3.96. The number of aromatic nitrogens is 5. The molecule has 78 heavy (non-hydrogen) atoms. The predicted molar refractivity (Wildman–Crippen MR) is 290 cm³/mol. The molecule has 1 aliphatic carbocycles. The summed E-state index contributed by atoms with van der Waals surface area (Å²) in [5.41, 5.74) is 5.35. The number of amides is 4. The van der Waals surface area contributed by atoms with Crippen LogP contribution >= 0.6 is 0 Å². The minimum absolute atomic E-state index is 0.00373. The summed E-state index contributed by atoms with van der Waals surface area (Å²) in [6, 6.07) is 16.4. The lowest BCUT2D eigenvalue weighted by atomic mass is 9.90. The Morgan fingerprint density at radius 3 is 2.37 bits per heavy atom. The van der Waals surface area contributed by atoms with Gasteiger partial charge >= 0.3 is 6.18 Å². The van der Waals surface area contributed by atoms with Crippen LogP contribution in [0.5, 0.6) is 0 Å². The first-order valence-electron chi connectivity index (χ1n) is 26.1. The molecule has 21 heteroatoms. The maximum atomic E-state index is 14.1. The first kappa shape index (κ1) is 51.9. The number of nitrogens with one attached hydrogen (secondary N) is 2. The second kappa shape index (κ2) is 19.7. The van der Waals surface area contributed by atoms with Gasteiger partial charge in [0, 0.05) is 111 Å². The van der Waals surface area contributed by atoms with Gasteiger partial charge in [-0.2, -0.15) is 13.2 Å². The molecular weight excluding hydrogens is 1010 g/mol. The van der Waals surface area contributed by atoms with Crippen LogP contribution in [0, 0.1) is 5.41 Å². The average Bonchev–Trinajstić information content (AvgIpc) is 4.23. The van der Waals surface area contributed by atoms with Crippen LogP contribution in [0.4, 0.5) is 53.2 Å². The summed E-state index contributed by atoms with van der Waals surface area (Å²) < 4.78 is 43.9. The third-order valence-electron chi connectivity index (χ3n) is 15.9. The molecule has 5 aliphatic rings. The predicted octanol–water partition coefficient (Wildman–Crippen LogP) is 7.57. The molecule has 0 spiro atoms. The van der Waals surface area contributed by atoms with Gasteiger partial charge in [0.25, 0.3) is 23.3 Å². The van der Waals surface area contributed by atoms with Crippen molar-refractivity contribution in [2.45, 2.75) is 90.8 Å². The van der Waals surface area contributed by atoms with Crippen LogP contribution in [0.15, 0.2) is 96.7 Å². The minimum Gasteiger partial charge on any atom is -0.392 e. The van der Waals surface area contributed by atoms with E-state index in [0.717, 1.165) is 61.2 Å². The molecule has 0 radical (unpaired) electrons. The fraction of sp³-hybridized carbons (Fsp3) is 0.368. The van der Waals surface area contributed by atoms with Crippen molar-refractivity contribution in [1.29, 1.82) is 0 Å². The Morgan fingerprint density at radius 2 is 1.63 bits per heavy atom. The number of rotatable bonds is 11. The number of anilines is 7. The molecule has 4 amide bonds. The van der Waals surface area contributed by atoms with E-state index < -0.39 is 41.8 Å². The number of aryl methyl sites for hydroxylation is 1. The van der Waals surface area contributed by atoms with Gasteiger partial charge in [0.2, 0.25) is 5.91 Å². The standard InChI is InChI=1S/C57H59F3N12O6/c1-7-49(74)64-43-24-35(63-50-55(78)66(6)30-44(65-50)39-13-16-62-51(42(39)31-73)71-21-20-70-46(54(71)77)23-34-27-56(4,5)28-47(34)70)8-11-45(43)69-19-18-67(29-33(69)3)36-14-17-68(32(2)22-36)37-9-10-40-41(25-37)53(76)72(52(40)75)38-12-15-61-48(26-38)57(58,59)60/h7-13,15-16,23-26,30,32-33,36,73H,1,14,17-22,27-29,31H2,2-6H3,(H,63,65)(H,64,74)/t32-,33-,36?/m0/s1. The van der Waals surface area contributed by atoms with E-state index in [-0.39, 0.29) is 52.1 Å². The van der Waals surface area contributed by atoms with Gasteiger partial charge in [0.05, 0.1) is 40.5 Å². The number of carbonyl (C=O) groups excluding carboxylic acids is 4. The molecule has 1 unspecified atom stereocenters. The van der Waals surface area contributed by atoms with E-state index in [1.54, 1.807) is 54.7 Å². The van der Waals surface area contributed by atoms with Crippen LogP contribution in [-0.4, -0.2) is 109 Å². The van der Waals surface area contributed by atoms with Gasteiger partial charge in [-0.15, -0.1) is 0 Å². The first-order valence-corrected chi connectivity index (χ1v) is 26.1. The maximum Gasteiger partial charge on any atom is 0.433 e. The number of benzene rings is 2. The normalized spacial score (nSPS) is 20.2. The monoisotopic (exact) mass is 1060 g/mol. The number of hydrogen-bond acceptors (Lipinski definition) is 13. The zero-order valence-corrected chi connectivity index (χ0v) is 43.9. The molecule has 6 aromatic rings. The Labute approximate surface area is 447 Å². The van der Waals surface area contributed by atoms with Crippen molar-refractivity contribution in [3.05, 3.63) is 142 Å². The van der Waals surface area contributed by atoms with E-state index in [1.165, 1.54) is 28.0 Å². The molecule has 8 heterocycles. The van der Waals surface area contributed by atoms with Crippen LogP contribution in [0.3, 0.4) is 0 Å². The molecule has 3 atom stereocenters. The molecule has 18 nitrogen and oxygen atoms in total. The number of pyridine rings is 2. The molecule has 11 rings (SSSR count). The number of hydrogen-bond donors (Lipinski definition) is 3. The summed E-state index contributed by atoms with van der Waals surface area (Å²) in [4.78, 5) is 89.8. The smallest absolute Gasteiger partial charge is 0.392 e. The van der Waals surface area contributed by atoms with Gasteiger partial charge in [0.15, 0.2) is 5.82 Å². The van der Waals surface area contributed by atoms with Gasteiger partial charge in [0.1, 0.15) is 17.2 Å². The number of nitrogens with zero attached hydrogens (tertiary/aromatic N) is 10. The van der Waals surface area contributed by atoms with Crippen LogP contribution in [0.1, 0.15) is 94.3 Å². The number of carbonyl (C=O) groups is 4. The van der Waals surface area contributed by atoms with Crippen molar-refractivity contribution in [2.75, 3.05) is 63.0 Å². The number of piperazine rings is 1.